The van der Waals surface area contributed by atoms with Gasteiger partial charge in [0.15, 0.2) is 5.82 Å². The average molecular weight is 372 g/mol. The Morgan fingerprint density at radius 1 is 0.815 bits per heavy atom. The summed E-state index contributed by atoms with van der Waals surface area (Å²) in [4.78, 5) is 3.67. The second kappa shape index (κ2) is 7.99. The van der Waals surface area contributed by atoms with E-state index in [-0.39, 0.29) is 17.2 Å². The van der Waals surface area contributed by atoms with Crippen LogP contribution in [-0.2, 0) is 19.3 Å². The van der Waals surface area contributed by atoms with Crippen LogP contribution < -0.4 is 16.4 Å². The lowest BCUT2D eigenvalue weighted by molar-refractivity contribution is -0.141. The fourth-order valence-electron chi connectivity index (χ4n) is 2.56. The Hall–Kier alpha value is -3.22. The molecular formula is C20H19F3N4. The molecule has 0 spiro atoms. The van der Waals surface area contributed by atoms with Gasteiger partial charge in [-0.25, -0.2) is 4.98 Å². The number of nitrogens with zero attached hydrogens (tertiary/aromatic N) is 1. The molecule has 0 aliphatic heterocycles. The van der Waals surface area contributed by atoms with Gasteiger partial charge in [-0.15, -0.1) is 0 Å². The summed E-state index contributed by atoms with van der Waals surface area (Å²) in [5.74, 6) is 0.00393. The molecule has 0 radical (unpaired) electrons. The number of nitrogen functional groups attached to an aromatic ring is 1. The molecule has 4 nitrogen and oxygen atoms in total. The van der Waals surface area contributed by atoms with Gasteiger partial charge < -0.3 is 16.4 Å². The highest BCUT2D eigenvalue weighted by Gasteiger charge is 2.34. The molecule has 0 saturated heterocycles. The molecule has 27 heavy (non-hydrogen) atoms. The predicted octanol–water partition coefficient (Wildman–Crippen LogP) is 4.91. The first kappa shape index (κ1) is 18.6. The molecule has 0 fully saturated rings. The van der Waals surface area contributed by atoms with Crippen molar-refractivity contribution in [3.05, 3.63) is 83.6 Å². The van der Waals surface area contributed by atoms with Gasteiger partial charge in [-0.2, -0.15) is 13.2 Å². The molecule has 0 amide bonds. The van der Waals surface area contributed by atoms with E-state index in [1.54, 1.807) is 0 Å². The van der Waals surface area contributed by atoms with Crippen LogP contribution in [0.25, 0.3) is 0 Å². The molecule has 1 aromatic heterocycles. The maximum Gasteiger partial charge on any atom is 0.433 e. The monoisotopic (exact) mass is 372 g/mol. The van der Waals surface area contributed by atoms with Crippen LogP contribution in [0.1, 0.15) is 16.8 Å². The minimum atomic E-state index is -4.57. The summed E-state index contributed by atoms with van der Waals surface area (Å²) in [6.07, 6.45) is -4.57. The van der Waals surface area contributed by atoms with Crippen molar-refractivity contribution in [2.75, 3.05) is 16.4 Å². The molecule has 0 unspecified atom stereocenters. The molecule has 0 bridgehead atoms. The Bertz CT molecular complexity index is 816. The molecule has 2 aromatic carbocycles. The lowest BCUT2D eigenvalue weighted by Gasteiger charge is -2.17. The summed E-state index contributed by atoms with van der Waals surface area (Å²) in [5.41, 5.74) is 7.25. The lowest BCUT2D eigenvalue weighted by Crippen LogP contribution is -2.14. The summed E-state index contributed by atoms with van der Waals surface area (Å²) in [6.45, 7) is 0.669. The number of alkyl halides is 3. The van der Waals surface area contributed by atoms with E-state index in [1.165, 1.54) is 0 Å². The van der Waals surface area contributed by atoms with Crippen molar-refractivity contribution in [1.29, 1.82) is 0 Å². The smallest absolute Gasteiger partial charge is 0.394 e. The van der Waals surface area contributed by atoms with Gasteiger partial charge in [0, 0.05) is 13.1 Å². The summed E-state index contributed by atoms with van der Waals surface area (Å²) in [5, 5.41) is 5.88. The fourth-order valence-corrected chi connectivity index (χ4v) is 2.56. The Balaban J connectivity index is 1.85. The molecule has 0 aliphatic rings. The Morgan fingerprint density at radius 3 is 1.85 bits per heavy atom. The van der Waals surface area contributed by atoms with Crippen LogP contribution >= 0.6 is 0 Å². The first-order chi connectivity index (χ1) is 12.9. The second-order valence-electron chi connectivity index (χ2n) is 5.99. The molecule has 0 saturated carbocycles. The summed E-state index contributed by atoms with van der Waals surface area (Å²) in [6, 6.07) is 19.6. The molecular weight excluding hydrogens is 353 g/mol. The maximum absolute atomic E-state index is 13.2. The van der Waals surface area contributed by atoms with Crippen LogP contribution in [0.5, 0.6) is 0 Å². The van der Waals surface area contributed by atoms with Crippen LogP contribution in [0.2, 0.25) is 0 Å². The Kier molecular flexibility index (Phi) is 5.49. The largest absolute Gasteiger partial charge is 0.433 e. The van der Waals surface area contributed by atoms with Crippen molar-refractivity contribution in [3.63, 3.8) is 0 Å². The maximum atomic E-state index is 13.2. The highest BCUT2D eigenvalue weighted by molar-refractivity contribution is 5.78. The van der Waals surface area contributed by atoms with Crippen LogP contribution in [0.3, 0.4) is 0 Å². The molecule has 140 valence electrons. The second-order valence-corrected chi connectivity index (χ2v) is 5.99. The number of halogens is 3. The summed E-state index contributed by atoms with van der Waals surface area (Å²) in [7, 11) is 0. The number of aromatic nitrogens is 1. The molecule has 7 heteroatoms. The first-order valence-corrected chi connectivity index (χ1v) is 8.37. The van der Waals surface area contributed by atoms with E-state index in [9.17, 15) is 13.2 Å². The number of nitrogens with two attached hydrogens (primary N) is 1. The van der Waals surface area contributed by atoms with Gasteiger partial charge in [0.25, 0.3) is 0 Å². The minimum Gasteiger partial charge on any atom is -0.394 e. The van der Waals surface area contributed by atoms with Crippen molar-refractivity contribution in [2.45, 2.75) is 19.3 Å². The van der Waals surface area contributed by atoms with Gasteiger partial charge in [0.2, 0.25) is 0 Å². The van der Waals surface area contributed by atoms with Crippen molar-refractivity contribution >= 4 is 17.2 Å². The van der Waals surface area contributed by atoms with Crippen molar-refractivity contribution < 1.29 is 13.2 Å². The van der Waals surface area contributed by atoms with Gasteiger partial charge in [-0.3, -0.25) is 0 Å². The standard InChI is InChI=1S/C20H19F3N4/c21-20(22,23)17-11-16(25-12-14-7-3-1-4-8-14)18(24)19(27-17)26-13-15-9-5-2-6-10-15/h1-11H,12-13,24H2,(H2,25,26,27). The molecule has 0 atom stereocenters. The molecule has 4 N–H and O–H groups in total. The van der Waals surface area contributed by atoms with E-state index in [1.807, 2.05) is 60.7 Å². The third-order valence-electron chi connectivity index (χ3n) is 3.98. The van der Waals surface area contributed by atoms with E-state index in [0.29, 0.717) is 13.1 Å². The van der Waals surface area contributed by atoms with Gasteiger partial charge in [0.05, 0.1) is 11.4 Å². The Labute approximate surface area is 155 Å². The molecule has 0 aliphatic carbocycles. The number of rotatable bonds is 6. The van der Waals surface area contributed by atoms with Crippen LogP contribution in [0, 0.1) is 0 Å². The summed E-state index contributed by atoms with van der Waals surface area (Å²) < 4.78 is 39.7. The average Bonchev–Trinajstić information content (AvgIpc) is 2.67. The third kappa shape index (κ3) is 4.91. The van der Waals surface area contributed by atoms with Crippen molar-refractivity contribution in [1.82, 2.24) is 4.98 Å². The topological polar surface area (TPSA) is 63.0 Å². The highest BCUT2D eigenvalue weighted by atomic mass is 19.4. The molecule has 3 aromatic rings. The quantitative estimate of drug-likeness (QED) is 0.575. The zero-order valence-electron chi connectivity index (χ0n) is 14.4. The van der Waals surface area contributed by atoms with Gasteiger partial charge in [-0.1, -0.05) is 60.7 Å². The van der Waals surface area contributed by atoms with E-state index >= 15 is 0 Å². The predicted molar refractivity (Wildman–Crippen MR) is 101 cm³/mol. The van der Waals surface area contributed by atoms with Gasteiger partial charge >= 0.3 is 6.18 Å². The highest BCUT2D eigenvalue weighted by Crippen LogP contribution is 2.35. The van der Waals surface area contributed by atoms with Crippen LogP contribution in [0.15, 0.2) is 66.7 Å². The number of nitrogens with one attached hydrogen (secondary N) is 2. The normalized spacial score (nSPS) is 11.2. The number of benzene rings is 2. The summed E-state index contributed by atoms with van der Waals surface area (Å²) >= 11 is 0. The van der Waals surface area contributed by atoms with Gasteiger partial charge in [-0.05, 0) is 17.2 Å². The fraction of sp³-hybridized carbons (Fsp3) is 0.150. The number of pyridine rings is 1. The van der Waals surface area contributed by atoms with E-state index in [0.717, 1.165) is 17.2 Å². The minimum absolute atomic E-state index is 0.00393. The zero-order chi connectivity index (χ0) is 19.3. The van der Waals surface area contributed by atoms with E-state index in [2.05, 4.69) is 15.6 Å². The van der Waals surface area contributed by atoms with Crippen LogP contribution in [-0.4, -0.2) is 4.98 Å². The number of anilines is 3. The lowest BCUT2D eigenvalue weighted by atomic mass is 10.2. The third-order valence-corrected chi connectivity index (χ3v) is 3.98. The SMILES string of the molecule is Nc1c(NCc2ccccc2)cc(C(F)(F)F)nc1NCc1ccccc1. The first-order valence-electron chi connectivity index (χ1n) is 8.37. The Morgan fingerprint density at radius 2 is 1.33 bits per heavy atom. The van der Waals surface area contributed by atoms with Gasteiger partial charge in [0.1, 0.15) is 5.69 Å². The van der Waals surface area contributed by atoms with Crippen LogP contribution in [0.4, 0.5) is 30.4 Å². The van der Waals surface area contributed by atoms with E-state index in [4.69, 9.17) is 5.73 Å². The molecule has 1 heterocycles. The number of hydrogen-bond acceptors (Lipinski definition) is 4. The number of hydrogen-bond donors (Lipinski definition) is 3. The van der Waals surface area contributed by atoms with Crippen molar-refractivity contribution in [3.8, 4) is 0 Å². The zero-order valence-corrected chi connectivity index (χ0v) is 14.4. The van der Waals surface area contributed by atoms with Crippen molar-refractivity contribution in [2.24, 2.45) is 0 Å². The van der Waals surface area contributed by atoms with E-state index < -0.39 is 11.9 Å². The molecule has 3 rings (SSSR count).